The summed E-state index contributed by atoms with van der Waals surface area (Å²) < 4.78 is 10.8. The topological polar surface area (TPSA) is 51.7 Å². The zero-order chi connectivity index (χ0) is 16.2. The number of benzene rings is 1. The molecule has 6 heteroatoms. The molecule has 1 atom stereocenters. The van der Waals surface area contributed by atoms with E-state index in [1.165, 1.54) is 0 Å². The van der Waals surface area contributed by atoms with Gasteiger partial charge in [-0.05, 0) is 30.3 Å². The van der Waals surface area contributed by atoms with Crippen molar-refractivity contribution in [3.63, 3.8) is 0 Å². The van der Waals surface area contributed by atoms with Crippen LogP contribution in [0, 0.1) is 0 Å². The molecule has 1 unspecified atom stereocenters. The van der Waals surface area contributed by atoms with Crippen LogP contribution in [0.3, 0.4) is 0 Å². The largest absolute Gasteiger partial charge is 0.497 e. The first kappa shape index (κ1) is 15.7. The fourth-order valence-electron chi connectivity index (χ4n) is 2.58. The lowest BCUT2D eigenvalue weighted by molar-refractivity contribution is -0.128. The lowest BCUT2D eigenvalue weighted by Crippen LogP contribution is -2.28. The van der Waals surface area contributed by atoms with E-state index in [4.69, 9.17) is 9.47 Å². The Balaban J connectivity index is 1.93. The number of hydrogen-bond acceptors (Lipinski definition) is 5. The summed E-state index contributed by atoms with van der Waals surface area (Å²) in [5, 5.41) is -0.102. The van der Waals surface area contributed by atoms with E-state index in [0.29, 0.717) is 12.3 Å². The Morgan fingerprint density at radius 2 is 2.13 bits per heavy atom. The number of thioether (sulfide) groups is 1. The van der Waals surface area contributed by atoms with E-state index in [9.17, 15) is 4.79 Å². The minimum Gasteiger partial charge on any atom is -0.497 e. The van der Waals surface area contributed by atoms with Gasteiger partial charge >= 0.3 is 0 Å². The number of hydrogen-bond donors (Lipinski definition) is 0. The van der Waals surface area contributed by atoms with Crippen molar-refractivity contribution in [1.82, 2.24) is 9.88 Å². The van der Waals surface area contributed by atoms with Crippen molar-refractivity contribution in [2.24, 2.45) is 0 Å². The van der Waals surface area contributed by atoms with Crippen molar-refractivity contribution >= 4 is 17.7 Å². The molecule has 0 spiro atoms. The number of methoxy groups -OCH3 is 2. The van der Waals surface area contributed by atoms with Crippen LogP contribution in [0.25, 0.3) is 0 Å². The lowest BCUT2D eigenvalue weighted by atomic mass is 10.1. The molecule has 1 aliphatic heterocycles. The van der Waals surface area contributed by atoms with Gasteiger partial charge in [-0.3, -0.25) is 9.78 Å². The Bertz CT molecular complexity index is 693. The third-order valence-electron chi connectivity index (χ3n) is 3.73. The molecule has 0 bridgehead atoms. The smallest absolute Gasteiger partial charge is 0.234 e. The van der Waals surface area contributed by atoms with Gasteiger partial charge in [-0.1, -0.05) is 6.07 Å². The second kappa shape index (κ2) is 6.91. The second-order valence-corrected chi connectivity index (χ2v) is 6.18. The molecule has 0 radical (unpaired) electrons. The van der Waals surface area contributed by atoms with Gasteiger partial charge in [0.15, 0.2) is 0 Å². The third kappa shape index (κ3) is 3.27. The van der Waals surface area contributed by atoms with Crippen LogP contribution < -0.4 is 9.47 Å². The van der Waals surface area contributed by atoms with Gasteiger partial charge in [-0.15, -0.1) is 11.8 Å². The summed E-state index contributed by atoms with van der Waals surface area (Å²) in [5.74, 6) is 2.07. The van der Waals surface area contributed by atoms with Crippen LogP contribution in [0.15, 0.2) is 42.6 Å². The van der Waals surface area contributed by atoms with Gasteiger partial charge in [0, 0.05) is 11.8 Å². The molecule has 120 valence electrons. The van der Waals surface area contributed by atoms with Gasteiger partial charge in [0.25, 0.3) is 0 Å². The summed E-state index contributed by atoms with van der Waals surface area (Å²) in [6.45, 7) is 0.484. The van der Waals surface area contributed by atoms with Crippen molar-refractivity contribution in [2.75, 3.05) is 20.0 Å². The number of pyridine rings is 1. The summed E-state index contributed by atoms with van der Waals surface area (Å²) in [7, 11) is 3.26. The van der Waals surface area contributed by atoms with Crippen LogP contribution in [-0.4, -0.2) is 35.8 Å². The van der Waals surface area contributed by atoms with E-state index >= 15 is 0 Å². The van der Waals surface area contributed by atoms with Gasteiger partial charge in [0.05, 0.1) is 32.2 Å². The van der Waals surface area contributed by atoms with Crippen LogP contribution in [0.5, 0.6) is 11.5 Å². The Labute approximate surface area is 139 Å². The quantitative estimate of drug-likeness (QED) is 0.844. The van der Waals surface area contributed by atoms with Crippen molar-refractivity contribution in [2.45, 2.75) is 11.9 Å². The molecular weight excluding hydrogens is 312 g/mol. The van der Waals surface area contributed by atoms with E-state index in [-0.39, 0.29) is 11.3 Å². The zero-order valence-corrected chi connectivity index (χ0v) is 13.9. The Morgan fingerprint density at radius 3 is 2.83 bits per heavy atom. The molecule has 1 aromatic heterocycles. The van der Waals surface area contributed by atoms with Crippen LogP contribution in [0.4, 0.5) is 0 Å². The van der Waals surface area contributed by atoms with Crippen molar-refractivity contribution < 1.29 is 14.3 Å². The number of carbonyl (C=O) groups is 1. The molecule has 1 amide bonds. The van der Waals surface area contributed by atoms with Gasteiger partial charge in [0.1, 0.15) is 16.9 Å². The number of nitrogens with zero attached hydrogens (tertiary/aromatic N) is 2. The maximum absolute atomic E-state index is 12.3. The molecule has 1 saturated heterocycles. The van der Waals surface area contributed by atoms with Gasteiger partial charge in [-0.2, -0.15) is 0 Å². The normalized spacial score (nSPS) is 17.4. The average molecular weight is 330 g/mol. The highest BCUT2D eigenvalue weighted by Gasteiger charge is 2.35. The van der Waals surface area contributed by atoms with Gasteiger partial charge < -0.3 is 14.4 Å². The van der Waals surface area contributed by atoms with Crippen LogP contribution in [-0.2, 0) is 11.3 Å². The summed E-state index contributed by atoms with van der Waals surface area (Å²) in [6, 6.07) is 11.4. The maximum atomic E-state index is 12.3. The van der Waals surface area contributed by atoms with Gasteiger partial charge in [-0.25, -0.2) is 0 Å². The molecule has 1 fully saturated rings. The summed E-state index contributed by atoms with van der Waals surface area (Å²) in [6.07, 6.45) is 1.74. The minimum atomic E-state index is -0.102. The molecule has 1 aromatic carbocycles. The summed E-state index contributed by atoms with van der Waals surface area (Å²) >= 11 is 1.59. The highest BCUT2D eigenvalue weighted by molar-refractivity contribution is 8.00. The predicted molar refractivity (Wildman–Crippen MR) is 89.5 cm³/mol. The van der Waals surface area contributed by atoms with E-state index in [1.807, 2.05) is 41.3 Å². The molecule has 0 aliphatic carbocycles. The fraction of sp³-hybridized carbons (Fsp3) is 0.294. The number of rotatable bonds is 5. The van der Waals surface area contributed by atoms with E-state index < -0.39 is 0 Å². The molecule has 0 N–H and O–H groups in total. The van der Waals surface area contributed by atoms with Crippen molar-refractivity contribution in [3.8, 4) is 11.5 Å². The highest BCUT2D eigenvalue weighted by Crippen LogP contribution is 2.44. The average Bonchev–Trinajstić information content (AvgIpc) is 2.96. The maximum Gasteiger partial charge on any atom is 0.234 e. The lowest BCUT2D eigenvalue weighted by Gasteiger charge is -2.25. The van der Waals surface area contributed by atoms with E-state index in [2.05, 4.69) is 4.98 Å². The molecule has 5 nitrogen and oxygen atoms in total. The van der Waals surface area contributed by atoms with Crippen LogP contribution in [0.1, 0.15) is 16.6 Å². The van der Waals surface area contributed by atoms with Crippen LogP contribution >= 0.6 is 11.8 Å². The fourth-order valence-corrected chi connectivity index (χ4v) is 3.78. The van der Waals surface area contributed by atoms with Crippen molar-refractivity contribution in [3.05, 3.63) is 53.9 Å². The summed E-state index contributed by atoms with van der Waals surface area (Å²) in [4.78, 5) is 18.5. The number of aromatic nitrogens is 1. The highest BCUT2D eigenvalue weighted by atomic mass is 32.2. The molecular formula is C17H18N2O3S. The van der Waals surface area contributed by atoms with E-state index in [1.54, 1.807) is 32.2 Å². The molecule has 1 aliphatic rings. The minimum absolute atomic E-state index is 0.102. The molecule has 2 aromatic rings. The first-order valence-corrected chi connectivity index (χ1v) is 8.30. The number of carbonyl (C=O) groups excluding carboxylic acids is 1. The Morgan fingerprint density at radius 1 is 1.26 bits per heavy atom. The first-order valence-electron chi connectivity index (χ1n) is 7.26. The molecule has 0 saturated carbocycles. The first-order chi connectivity index (χ1) is 11.2. The van der Waals surface area contributed by atoms with Crippen LogP contribution in [0.2, 0.25) is 0 Å². The third-order valence-corrected chi connectivity index (χ3v) is 4.97. The molecule has 2 heterocycles. The molecule has 3 rings (SSSR count). The van der Waals surface area contributed by atoms with Crippen molar-refractivity contribution in [1.29, 1.82) is 0 Å². The Kier molecular flexibility index (Phi) is 4.71. The predicted octanol–water partition coefficient (Wildman–Crippen LogP) is 2.87. The molecule has 23 heavy (non-hydrogen) atoms. The monoisotopic (exact) mass is 330 g/mol. The van der Waals surface area contributed by atoms with E-state index in [0.717, 1.165) is 22.8 Å². The number of amides is 1. The standard InChI is InChI=1S/C17H18N2O3S/c1-21-13-6-7-15(22-2)14(9-13)17-19(16(20)11-23-17)10-12-5-3-4-8-18-12/h3-9,17H,10-11H2,1-2H3. The van der Waals surface area contributed by atoms with Gasteiger partial charge in [0.2, 0.25) is 5.91 Å². The SMILES string of the molecule is COc1ccc(OC)c(C2SCC(=O)N2Cc2ccccn2)c1. The zero-order valence-electron chi connectivity index (χ0n) is 13.1. The second-order valence-electron chi connectivity index (χ2n) is 5.11. The summed E-state index contributed by atoms with van der Waals surface area (Å²) in [5.41, 5.74) is 1.81. The Hall–Kier alpha value is -2.21. The number of ether oxygens (including phenoxy) is 2.